The van der Waals surface area contributed by atoms with Crippen molar-refractivity contribution in [2.75, 3.05) is 18.5 Å². The van der Waals surface area contributed by atoms with Crippen LogP contribution in [0.5, 0.6) is 0 Å². The molecule has 2 aromatic rings. The van der Waals surface area contributed by atoms with Crippen LogP contribution in [0.15, 0.2) is 41.8 Å². The fourth-order valence-electron chi connectivity index (χ4n) is 1.73. The average molecular weight is 333 g/mol. The molecule has 1 N–H and O–H groups in total. The summed E-state index contributed by atoms with van der Waals surface area (Å²) < 4.78 is 9.52. The van der Waals surface area contributed by atoms with Crippen LogP contribution in [0, 0.1) is 0 Å². The largest absolute Gasteiger partial charge is 0.463 e. The van der Waals surface area contributed by atoms with Gasteiger partial charge in [0.2, 0.25) is 0 Å². The smallest absolute Gasteiger partial charge is 0.344 e. The van der Waals surface area contributed by atoms with Crippen molar-refractivity contribution in [1.82, 2.24) is 0 Å². The van der Waals surface area contributed by atoms with E-state index in [9.17, 15) is 14.4 Å². The van der Waals surface area contributed by atoms with Gasteiger partial charge in [0, 0.05) is 5.69 Å². The molecular weight excluding hydrogens is 318 g/mol. The van der Waals surface area contributed by atoms with Crippen molar-refractivity contribution in [3.8, 4) is 0 Å². The summed E-state index contributed by atoms with van der Waals surface area (Å²) >= 11 is 1.32. The van der Waals surface area contributed by atoms with Gasteiger partial charge in [0.05, 0.1) is 17.0 Å². The molecule has 0 unspecified atom stereocenters. The van der Waals surface area contributed by atoms with E-state index in [0.29, 0.717) is 10.6 Å². The maximum atomic E-state index is 12.0. The lowest BCUT2D eigenvalue weighted by molar-refractivity contribution is -0.146. The van der Waals surface area contributed by atoms with Gasteiger partial charge in [-0.3, -0.25) is 4.79 Å². The molecule has 0 aliphatic rings. The number of hydrogen-bond donors (Lipinski definition) is 1. The highest BCUT2D eigenvalue weighted by Crippen LogP contribution is 2.15. The molecule has 2 rings (SSSR count). The van der Waals surface area contributed by atoms with E-state index in [1.54, 1.807) is 36.6 Å². The number of rotatable bonds is 6. The van der Waals surface area contributed by atoms with Gasteiger partial charge in [-0.05, 0) is 36.6 Å². The van der Waals surface area contributed by atoms with Crippen LogP contribution in [-0.2, 0) is 14.3 Å². The molecule has 0 aliphatic carbocycles. The first-order chi connectivity index (χ1) is 11.1. The fraction of sp³-hybridized carbons (Fsp3) is 0.188. The van der Waals surface area contributed by atoms with Gasteiger partial charge >= 0.3 is 11.9 Å². The SMILES string of the molecule is CCOC(=O)COC(=O)c1cccc(NC(=O)c2cccs2)c1. The summed E-state index contributed by atoms with van der Waals surface area (Å²) in [5.74, 6) is -1.52. The topological polar surface area (TPSA) is 81.7 Å². The molecule has 1 amide bonds. The normalized spacial score (nSPS) is 9.96. The van der Waals surface area contributed by atoms with Crippen molar-refractivity contribution in [2.24, 2.45) is 0 Å². The molecule has 0 radical (unpaired) electrons. The average Bonchev–Trinajstić information content (AvgIpc) is 3.08. The lowest BCUT2D eigenvalue weighted by Crippen LogP contribution is -2.17. The van der Waals surface area contributed by atoms with Crippen molar-refractivity contribution < 1.29 is 23.9 Å². The fourth-order valence-corrected chi connectivity index (χ4v) is 2.35. The Morgan fingerprint density at radius 3 is 2.65 bits per heavy atom. The molecule has 6 nitrogen and oxygen atoms in total. The molecule has 23 heavy (non-hydrogen) atoms. The second-order valence-corrected chi connectivity index (χ2v) is 5.34. The number of carbonyl (C=O) groups is 3. The Bertz CT molecular complexity index is 696. The molecule has 0 bridgehead atoms. The molecule has 1 aromatic heterocycles. The second-order valence-electron chi connectivity index (χ2n) is 4.39. The summed E-state index contributed by atoms with van der Waals surface area (Å²) in [6.07, 6.45) is 0. The maximum Gasteiger partial charge on any atom is 0.344 e. The highest BCUT2D eigenvalue weighted by molar-refractivity contribution is 7.12. The summed E-state index contributed by atoms with van der Waals surface area (Å²) in [5.41, 5.74) is 0.701. The molecule has 120 valence electrons. The highest BCUT2D eigenvalue weighted by Gasteiger charge is 2.12. The Labute approximate surface area is 137 Å². The number of esters is 2. The van der Waals surface area contributed by atoms with Gasteiger partial charge in [-0.2, -0.15) is 0 Å². The van der Waals surface area contributed by atoms with E-state index in [-0.39, 0.29) is 18.1 Å². The predicted octanol–water partition coefficient (Wildman–Crippen LogP) is 2.72. The summed E-state index contributed by atoms with van der Waals surface area (Å²) in [6, 6.07) is 9.78. The standard InChI is InChI=1S/C16H15NO5S/c1-2-21-14(18)10-22-16(20)11-5-3-6-12(9-11)17-15(19)13-7-4-8-23-13/h3-9H,2,10H2,1H3,(H,17,19). The van der Waals surface area contributed by atoms with Gasteiger partial charge in [0.15, 0.2) is 6.61 Å². The Kier molecular flexibility index (Phi) is 5.87. The zero-order valence-electron chi connectivity index (χ0n) is 12.4. The predicted molar refractivity (Wildman–Crippen MR) is 85.6 cm³/mol. The number of amides is 1. The number of thiophene rings is 1. The van der Waals surface area contributed by atoms with Crippen molar-refractivity contribution in [3.63, 3.8) is 0 Å². The number of hydrogen-bond acceptors (Lipinski definition) is 6. The number of benzene rings is 1. The minimum Gasteiger partial charge on any atom is -0.463 e. The molecule has 0 saturated heterocycles. The first-order valence-corrected chi connectivity index (χ1v) is 7.75. The van der Waals surface area contributed by atoms with E-state index in [1.165, 1.54) is 23.5 Å². The molecule has 0 spiro atoms. The Morgan fingerprint density at radius 1 is 1.13 bits per heavy atom. The molecule has 1 aromatic carbocycles. The van der Waals surface area contributed by atoms with Crippen molar-refractivity contribution in [3.05, 3.63) is 52.2 Å². The third-order valence-electron chi connectivity index (χ3n) is 2.73. The number of ether oxygens (including phenoxy) is 2. The summed E-state index contributed by atoms with van der Waals surface area (Å²) in [4.78, 5) is 35.6. The first-order valence-electron chi connectivity index (χ1n) is 6.88. The molecule has 0 saturated carbocycles. The minimum absolute atomic E-state index is 0.223. The van der Waals surface area contributed by atoms with Crippen LogP contribution in [0.2, 0.25) is 0 Å². The summed E-state index contributed by atoms with van der Waals surface area (Å²) in [5, 5.41) is 4.50. The van der Waals surface area contributed by atoms with Gasteiger partial charge in [0.25, 0.3) is 5.91 Å². The lowest BCUT2D eigenvalue weighted by Gasteiger charge is -2.07. The Morgan fingerprint density at radius 2 is 1.96 bits per heavy atom. The van der Waals surface area contributed by atoms with Crippen LogP contribution in [0.25, 0.3) is 0 Å². The number of anilines is 1. The maximum absolute atomic E-state index is 12.0. The van der Waals surface area contributed by atoms with E-state index < -0.39 is 18.5 Å². The van der Waals surface area contributed by atoms with Crippen LogP contribution in [0.3, 0.4) is 0 Å². The molecule has 0 aliphatic heterocycles. The zero-order valence-corrected chi connectivity index (χ0v) is 13.2. The van der Waals surface area contributed by atoms with Gasteiger partial charge in [-0.1, -0.05) is 12.1 Å². The third-order valence-corrected chi connectivity index (χ3v) is 3.60. The van der Waals surface area contributed by atoms with E-state index >= 15 is 0 Å². The van der Waals surface area contributed by atoms with E-state index in [2.05, 4.69) is 10.1 Å². The quantitative estimate of drug-likeness (QED) is 0.822. The van der Waals surface area contributed by atoms with Crippen LogP contribution >= 0.6 is 11.3 Å². The number of carbonyl (C=O) groups excluding carboxylic acids is 3. The van der Waals surface area contributed by atoms with Crippen molar-refractivity contribution >= 4 is 34.9 Å². The second kappa shape index (κ2) is 8.09. The van der Waals surface area contributed by atoms with E-state index in [1.807, 2.05) is 0 Å². The van der Waals surface area contributed by atoms with Gasteiger partial charge in [-0.25, -0.2) is 9.59 Å². The van der Waals surface area contributed by atoms with Crippen LogP contribution in [0.1, 0.15) is 27.0 Å². The van der Waals surface area contributed by atoms with Gasteiger partial charge in [-0.15, -0.1) is 11.3 Å². The van der Waals surface area contributed by atoms with E-state index in [4.69, 9.17) is 4.74 Å². The highest BCUT2D eigenvalue weighted by atomic mass is 32.1. The molecule has 0 fully saturated rings. The molecule has 7 heteroatoms. The van der Waals surface area contributed by atoms with E-state index in [0.717, 1.165) is 0 Å². The van der Waals surface area contributed by atoms with Crippen molar-refractivity contribution in [1.29, 1.82) is 0 Å². The summed E-state index contributed by atoms with van der Waals surface area (Å²) in [7, 11) is 0. The van der Waals surface area contributed by atoms with Gasteiger partial charge in [0.1, 0.15) is 0 Å². The first kappa shape index (κ1) is 16.7. The number of nitrogens with one attached hydrogen (secondary N) is 1. The Balaban J connectivity index is 1.97. The summed E-state index contributed by atoms with van der Waals surface area (Å²) in [6.45, 7) is 1.44. The van der Waals surface area contributed by atoms with Crippen molar-refractivity contribution in [2.45, 2.75) is 6.92 Å². The van der Waals surface area contributed by atoms with Crippen LogP contribution < -0.4 is 5.32 Å². The zero-order chi connectivity index (χ0) is 16.7. The third kappa shape index (κ3) is 4.93. The molecule has 1 heterocycles. The Hall–Kier alpha value is -2.67. The minimum atomic E-state index is -0.662. The van der Waals surface area contributed by atoms with Gasteiger partial charge < -0.3 is 14.8 Å². The monoisotopic (exact) mass is 333 g/mol. The van der Waals surface area contributed by atoms with Crippen LogP contribution in [-0.4, -0.2) is 31.1 Å². The lowest BCUT2D eigenvalue weighted by atomic mass is 10.2. The molecule has 0 atom stereocenters. The van der Waals surface area contributed by atoms with Crippen LogP contribution in [0.4, 0.5) is 5.69 Å². The molecular formula is C16H15NO5S.